The van der Waals surface area contributed by atoms with Crippen LogP contribution in [-0.2, 0) is 12.8 Å². The lowest BCUT2D eigenvalue weighted by atomic mass is 9.89. The molecule has 0 amide bonds. The van der Waals surface area contributed by atoms with Crippen molar-refractivity contribution in [2.75, 3.05) is 0 Å². The molecule has 2 N–H and O–H groups in total. The molecule has 2 aromatic rings. The zero-order chi connectivity index (χ0) is 25.5. The number of aromatic hydroxyl groups is 2. The van der Waals surface area contributed by atoms with Gasteiger partial charge in [0.2, 0.25) is 0 Å². The first-order valence-corrected chi connectivity index (χ1v) is 12.0. The van der Waals surface area contributed by atoms with Crippen molar-refractivity contribution in [3.8, 4) is 23.0 Å². The van der Waals surface area contributed by atoms with Gasteiger partial charge in [-0.3, -0.25) is 4.79 Å². The minimum atomic E-state index is -0.541. The molecule has 0 bridgehead atoms. The van der Waals surface area contributed by atoms with Gasteiger partial charge in [0, 0.05) is 17.2 Å². The Hall–Kier alpha value is -3.47. The summed E-state index contributed by atoms with van der Waals surface area (Å²) in [5, 5.41) is 21.0. The lowest BCUT2D eigenvalue weighted by Gasteiger charge is -2.32. The number of benzene rings is 2. The summed E-state index contributed by atoms with van der Waals surface area (Å²) in [6, 6.07) is 5.29. The molecule has 35 heavy (non-hydrogen) atoms. The Kier molecular flexibility index (Phi) is 6.54. The molecule has 1 atom stereocenters. The molecule has 184 valence electrons. The standard InChI is InChI=1S/C30H34O5/c1-17(2)7-9-19-13-21(14-20-11-12-30(5,6)35-28(19)20)26-16-25(33)27-24(32)15-23(31)22(29(27)34-26)10-8-18(3)4/h7-8,11-15,26,31-32H,9-10,16H2,1-6H3/t26-/m0/s1. The maximum absolute atomic E-state index is 13.2. The van der Waals surface area contributed by atoms with Gasteiger partial charge in [-0.25, -0.2) is 0 Å². The van der Waals surface area contributed by atoms with Gasteiger partial charge in [0.25, 0.3) is 0 Å². The number of carbonyl (C=O) groups excluding carboxylic acids is 1. The molecule has 0 unspecified atom stereocenters. The Labute approximate surface area is 207 Å². The quantitative estimate of drug-likeness (QED) is 0.456. The second-order valence-electron chi connectivity index (χ2n) is 10.4. The average Bonchev–Trinajstić information content (AvgIpc) is 2.75. The predicted octanol–water partition coefficient (Wildman–Crippen LogP) is 7.01. The largest absolute Gasteiger partial charge is 0.507 e. The van der Waals surface area contributed by atoms with Crippen LogP contribution in [0.2, 0.25) is 0 Å². The van der Waals surface area contributed by atoms with Crippen molar-refractivity contribution in [3.63, 3.8) is 0 Å². The summed E-state index contributed by atoms with van der Waals surface area (Å²) in [5.41, 5.74) is 5.38. The van der Waals surface area contributed by atoms with Crippen LogP contribution in [0.25, 0.3) is 6.08 Å². The molecule has 0 aromatic heterocycles. The van der Waals surface area contributed by atoms with Crippen LogP contribution in [0.3, 0.4) is 0 Å². The first kappa shape index (κ1) is 24.6. The maximum atomic E-state index is 13.2. The lowest BCUT2D eigenvalue weighted by molar-refractivity contribution is 0.0842. The molecule has 0 radical (unpaired) electrons. The molecular formula is C30H34O5. The van der Waals surface area contributed by atoms with E-state index in [2.05, 4.69) is 32.1 Å². The highest BCUT2D eigenvalue weighted by molar-refractivity contribution is 6.03. The molecular weight excluding hydrogens is 440 g/mol. The van der Waals surface area contributed by atoms with E-state index >= 15 is 0 Å². The van der Waals surface area contributed by atoms with Crippen molar-refractivity contribution < 1.29 is 24.5 Å². The van der Waals surface area contributed by atoms with Crippen LogP contribution in [0.1, 0.15) is 86.7 Å². The van der Waals surface area contributed by atoms with Crippen LogP contribution in [-0.4, -0.2) is 21.6 Å². The molecule has 0 spiro atoms. The first-order valence-electron chi connectivity index (χ1n) is 12.0. The monoisotopic (exact) mass is 474 g/mol. The van der Waals surface area contributed by atoms with Crippen molar-refractivity contribution in [1.29, 1.82) is 0 Å². The number of rotatable bonds is 5. The van der Waals surface area contributed by atoms with E-state index in [0.29, 0.717) is 18.4 Å². The van der Waals surface area contributed by atoms with Crippen molar-refractivity contribution in [2.24, 2.45) is 0 Å². The van der Waals surface area contributed by atoms with E-state index in [1.165, 1.54) is 11.6 Å². The molecule has 2 aliphatic heterocycles. The van der Waals surface area contributed by atoms with Crippen molar-refractivity contribution >= 4 is 11.9 Å². The summed E-state index contributed by atoms with van der Waals surface area (Å²) in [6.07, 6.45) is 8.87. The summed E-state index contributed by atoms with van der Waals surface area (Å²) in [6.45, 7) is 12.1. The molecule has 0 saturated heterocycles. The summed E-state index contributed by atoms with van der Waals surface area (Å²) in [4.78, 5) is 13.2. The fraction of sp³-hybridized carbons (Fsp3) is 0.367. The highest BCUT2D eigenvalue weighted by atomic mass is 16.5. The predicted molar refractivity (Wildman–Crippen MR) is 139 cm³/mol. The molecule has 4 rings (SSSR count). The van der Waals surface area contributed by atoms with Gasteiger partial charge < -0.3 is 19.7 Å². The van der Waals surface area contributed by atoms with E-state index < -0.39 is 11.7 Å². The van der Waals surface area contributed by atoms with E-state index in [1.807, 2.05) is 45.9 Å². The summed E-state index contributed by atoms with van der Waals surface area (Å²) in [5.74, 6) is 0.567. The number of ketones is 1. The van der Waals surface area contributed by atoms with Crippen LogP contribution < -0.4 is 9.47 Å². The third-order valence-corrected chi connectivity index (χ3v) is 6.31. The highest BCUT2D eigenvalue weighted by Crippen LogP contribution is 2.46. The van der Waals surface area contributed by atoms with Gasteiger partial charge in [-0.15, -0.1) is 0 Å². The number of carbonyl (C=O) groups is 1. The van der Waals surface area contributed by atoms with Crippen LogP contribution in [0.4, 0.5) is 0 Å². The summed E-state index contributed by atoms with van der Waals surface area (Å²) in [7, 11) is 0. The number of ether oxygens (including phenoxy) is 2. The Morgan fingerprint density at radius 2 is 1.69 bits per heavy atom. The maximum Gasteiger partial charge on any atom is 0.174 e. The molecule has 0 fully saturated rings. The van der Waals surface area contributed by atoms with E-state index in [1.54, 1.807) is 0 Å². The van der Waals surface area contributed by atoms with Gasteiger partial charge in [0.1, 0.15) is 40.3 Å². The fourth-order valence-corrected chi connectivity index (χ4v) is 4.44. The molecule has 2 heterocycles. The third kappa shape index (κ3) is 5.14. The zero-order valence-electron chi connectivity index (χ0n) is 21.4. The van der Waals surface area contributed by atoms with Crippen molar-refractivity contribution in [3.05, 3.63) is 75.4 Å². The lowest BCUT2D eigenvalue weighted by Crippen LogP contribution is -2.28. The highest BCUT2D eigenvalue weighted by Gasteiger charge is 2.34. The van der Waals surface area contributed by atoms with E-state index in [4.69, 9.17) is 9.47 Å². The topological polar surface area (TPSA) is 76.0 Å². The van der Waals surface area contributed by atoms with E-state index in [9.17, 15) is 15.0 Å². The SMILES string of the molecule is CC(C)=CCc1cc([C@@H]2CC(=O)c3c(O)cc(O)c(CC=C(C)C)c3O2)cc2c1OC(C)(C)C=C2. The van der Waals surface area contributed by atoms with Crippen molar-refractivity contribution in [1.82, 2.24) is 0 Å². The van der Waals surface area contributed by atoms with E-state index in [0.717, 1.165) is 28.0 Å². The molecule has 2 aromatic carbocycles. The molecule has 0 saturated carbocycles. The average molecular weight is 475 g/mol. The smallest absolute Gasteiger partial charge is 0.174 e. The number of hydrogen-bond acceptors (Lipinski definition) is 5. The number of Topliss-reactive ketones (excluding diaryl/α,β-unsaturated/α-hetero) is 1. The summed E-state index contributed by atoms with van der Waals surface area (Å²) < 4.78 is 12.7. The van der Waals surface area contributed by atoms with Crippen LogP contribution >= 0.6 is 0 Å². The number of allylic oxidation sites excluding steroid dienone is 4. The molecule has 2 aliphatic rings. The second-order valence-corrected chi connectivity index (χ2v) is 10.4. The zero-order valence-corrected chi connectivity index (χ0v) is 21.4. The van der Waals surface area contributed by atoms with Gasteiger partial charge in [0.15, 0.2) is 5.78 Å². The normalized spacial score (nSPS) is 17.5. The first-order chi connectivity index (χ1) is 16.4. The van der Waals surface area contributed by atoms with Crippen molar-refractivity contribution in [2.45, 2.75) is 72.5 Å². The van der Waals surface area contributed by atoms with Gasteiger partial charge in [-0.1, -0.05) is 29.4 Å². The Morgan fingerprint density at radius 3 is 2.37 bits per heavy atom. The Morgan fingerprint density at radius 1 is 1.00 bits per heavy atom. The van der Waals surface area contributed by atoms with Crippen LogP contribution in [0.15, 0.2) is 47.6 Å². The number of phenols is 2. The van der Waals surface area contributed by atoms with Gasteiger partial charge >= 0.3 is 0 Å². The van der Waals surface area contributed by atoms with Gasteiger partial charge in [0.05, 0.1) is 6.42 Å². The van der Waals surface area contributed by atoms with Gasteiger partial charge in [-0.05, 0) is 83.7 Å². The number of fused-ring (bicyclic) bond motifs is 2. The fourth-order valence-electron chi connectivity index (χ4n) is 4.44. The molecule has 5 heteroatoms. The van der Waals surface area contributed by atoms with Crippen LogP contribution in [0.5, 0.6) is 23.0 Å². The summed E-state index contributed by atoms with van der Waals surface area (Å²) >= 11 is 0. The number of hydrogen-bond donors (Lipinski definition) is 2. The Balaban J connectivity index is 1.80. The third-order valence-electron chi connectivity index (χ3n) is 6.31. The molecule has 0 aliphatic carbocycles. The minimum Gasteiger partial charge on any atom is -0.507 e. The molecule has 5 nitrogen and oxygen atoms in total. The second kappa shape index (κ2) is 9.29. The van der Waals surface area contributed by atoms with Gasteiger partial charge in [-0.2, -0.15) is 0 Å². The Bertz CT molecular complexity index is 1270. The number of phenolic OH excluding ortho intramolecular Hbond substituents is 2. The van der Waals surface area contributed by atoms with Crippen LogP contribution in [0, 0.1) is 0 Å². The minimum absolute atomic E-state index is 0.0829. The van der Waals surface area contributed by atoms with E-state index in [-0.39, 0.29) is 35.0 Å².